The van der Waals surface area contributed by atoms with Crippen molar-refractivity contribution in [2.45, 2.75) is 17.8 Å². The number of carbonyl (C=O) groups is 1. The van der Waals surface area contributed by atoms with E-state index in [1.165, 1.54) is 23.1 Å². The van der Waals surface area contributed by atoms with Crippen LogP contribution >= 0.6 is 23.1 Å². The van der Waals surface area contributed by atoms with Gasteiger partial charge in [0.25, 0.3) is 0 Å². The smallest absolute Gasteiger partial charge is 0.233 e. The fraction of sp³-hybridized carbons (Fsp3) is 0.182. The maximum atomic E-state index is 12.6. The van der Waals surface area contributed by atoms with Crippen LogP contribution in [-0.2, 0) is 11.3 Å². The molecule has 7 nitrogen and oxygen atoms in total. The first kappa shape index (κ1) is 21.1. The summed E-state index contributed by atoms with van der Waals surface area (Å²) in [5.41, 5.74) is 4.11. The molecule has 1 N–H and O–H groups in total. The van der Waals surface area contributed by atoms with Gasteiger partial charge in [-0.2, -0.15) is 5.10 Å². The summed E-state index contributed by atoms with van der Waals surface area (Å²) in [7, 11) is 1.80. The molecule has 0 saturated heterocycles. The van der Waals surface area contributed by atoms with Gasteiger partial charge in [0, 0.05) is 31.0 Å². The highest BCUT2D eigenvalue weighted by Gasteiger charge is 2.14. The van der Waals surface area contributed by atoms with Crippen molar-refractivity contribution in [2.75, 3.05) is 18.1 Å². The lowest BCUT2D eigenvalue weighted by molar-refractivity contribution is -0.127. The van der Waals surface area contributed by atoms with E-state index in [-0.39, 0.29) is 5.91 Å². The maximum Gasteiger partial charge on any atom is 0.233 e. The second-order valence-electron chi connectivity index (χ2n) is 6.98. The summed E-state index contributed by atoms with van der Waals surface area (Å²) < 4.78 is 2.57. The quantitative estimate of drug-likeness (QED) is 0.398. The monoisotopic (exact) mass is 450 g/mol. The lowest BCUT2D eigenvalue weighted by Crippen LogP contribution is -2.27. The van der Waals surface area contributed by atoms with Crippen LogP contribution in [0.5, 0.6) is 0 Å². The third-order valence-corrected chi connectivity index (χ3v) is 6.57. The van der Waals surface area contributed by atoms with Gasteiger partial charge in [-0.15, -0.1) is 10.2 Å². The number of benzene rings is 2. The maximum absolute atomic E-state index is 12.6. The Morgan fingerprint density at radius 1 is 1.13 bits per heavy atom. The van der Waals surface area contributed by atoms with Crippen molar-refractivity contribution >= 4 is 39.8 Å². The van der Waals surface area contributed by atoms with Gasteiger partial charge in [-0.05, 0) is 30.7 Å². The average Bonchev–Trinajstić information content (AvgIpc) is 3.44. The van der Waals surface area contributed by atoms with E-state index in [2.05, 4.69) is 20.6 Å². The lowest BCUT2D eigenvalue weighted by Gasteiger charge is -2.15. The molecule has 0 aliphatic rings. The molecule has 0 atom stereocenters. The van der Waals surface area contributed by atoms with Crippen molar-refractivity contribution in [3.05, 3.63) is 78.1 Å². The van der Waals surface area contributed by atoms with Crippen molar-refractivity contribution in [2.24, 2.45) is 0 Å². The molecule has 2 heterocycles. The molecule has 0 unspecified atom stereocenters. The number of anilines is 2. The van der Waals surface area contributed by atoms with E-state index in [9.17, 15) is 4.79 Å². The molecule has 0 bridgehead atoms. The Kier molecular flexibility index (Phi) is 6.63. The van der Waals surface area contributed by atoms with Crippen LogP contribution in [0.15, 0.2) is 71.3 Å². The number of nitrogens with zero attached hydrogens (tertiary/aromatic N) is 5. The number of aryl methyl sites for hydroxylation is 1. The highest BCUT2D eigenvalue weighted by molar-refractivity contribution is 8.01. The highest BCUT2D eigenvalue weighted by atomic mass is 32.2. The largest absolute Gasteiger partial charge is 0.341 e. The van der Waals surface area contributed by atoms with Crippen LogP contribution in [0.4, 0.5) is 10.8 Å². The van der Waals surface area contributed by atoms with E-state index >= 15 is 0 Å². The molecular weight excluding hydrogens is 428 g/mol. The first-order valence-corrected chi connectivity index (χ1v) is 11.5. The zero-order valence-electron chi connectivity index (χ0n) is 17.2. The molecule has 0 spiro atoms. The van der Waals surface area contributed by atoms with Crippen molar-refractivity contribution in [1.29, 1.82) is 0 Å². The number of thioether (sulfide) groups is 1. The molecule has 0 saturated carbocycles. The minimum Gasteiger partial charge on any atom is -0.341 e. The Bertz CT molecular complexity index is 1160. The molecule has 31 heavy (non-hydrogen) atoms. The predicted octanol–water partition coefficient (Wildman–Crippen LogP) is 4.53. The lowest BCUT2D eigenvalue weighted by atomic mass is 10.2. The van der Waals surface area contributed by atoms with Gasteiger partial charge < -0.3 is 10.2 Å². The molecule has 1 amide bonds. The number of hydrogen-bond donors (Lipinski definition) is 1. The third kappa shape index (κ3) is 5.50. The Balaban J connectivity index is 1.29. The van der Waals surface area contributed by atoms with E-state index < -0.39 is 0 Å². The topological polar surface area (TPSA) is 75.9 Å². The van der Waals surface area contributed by atoms with Crippen molar-refractivity contribution < 1.29 is 4.79 Å². The molecule has 158 valence electrons. The summed E-state index contributed by atoms with van der Waals surface area (Å²) in [6.45, 7) is 2.54. The molecule has 0 aliphatic carbocycles. The van der Waals surface area contributed by atoms with Gasteiger partial charge >= 0.3 is 0 Å². The molecular formula is C22H22N6OS2. The SMILES string of the molecule is Cc1ccccc1Nc1nnc(SCC(=O)N(C)Cc2cnn(-c3ccccc3)c2)s1. The average molecular weight is 451 g/mol. The third-order valence-electron chi connectivity index (χ3n) is 4.61. The predicted molar refractivity (Wildman–Crippen MR) is 125 cm³/mol. The molecule has 9 heteroatoms. The van der Waals surface area contributed by atoms with Crippen LogP contribution in [0, 0.1) is 6.92 Å². The first-order valence-electron chi connectivity index (χ1n) is 9.70. The molecule has 0 fully saturated rings. The molecule has 2 aromatic carbocycles. The molecule has 4 aromatic rings. The number of amides is 1. The number of aromatic nitrogens is 4. The molecule has 0 radical (unpaired) electrons. The number of para-hydroxylation sites is 2. The molecule has 0 aliphatic heterocycles. The number of nitrogens with one attached hydrogen (secondary N) is 1. The molecule has 4 rings (SSSR count). The summed E-state index contributed by atoms with van der Waals surface area (Å²) in [6, 6.07) is 17.9. The van der Waals surface area contributed by atoms with Gasteiger partial charge in [0.2, 0.25) is 11.0 Å². The van der Waals surface area contributed by atoms with E-state index in [0.29, 0.717) is 17.4 Å². The zero-order valence-corrected chi connectivity index (χ0v) is 18.9. The first-order chi connectivity index (χ1) is 15.1. The fourth-order valence-corrected chi connectivity index (χ4v) is 4.61. The van der Waals surface area contributed by atoms with Crippen LogP contribution in [0.25, 0.3) is 5.69 Å². The van der Waals surface area contributed by atoms with Gasteiger partial charge in [0.15, 0.2) is 4.34 Å². The highest BCUT2D eigenvalue weighted by Crippen LogP contribution is 2.28. The zero-order chi connectivity index (χ0) is 21.6. The second kappa shape index (κ2) is 9.76. The van der Waals surface area contributed by atoms with Crippen molar-refractivity contribution in [3.8, 4) is 5.69 Å². The van der Waals surface area contributed by atoms with E-state index in [1.54, 1.807) is 18.1 Å². The van der Waals surface area contributed by atoms with Gasteiger partial charge in [-0.1, -0.05) is 59.5 Å². The van der Waals surface area contributed by atoms with Gasteiger partial charge in [-0.25, -0.2) is 4.68 Å². The van der Waals surface area contributed by atoms with Gasteiger partial charge in [0.1, 0.15) is 0 Å². The minimum atomic E-state index is 0.0288. The van der Waals surface area contributed by atoms with Crippen LogP contribution in [0.3, 0.4) is 0 Å². The summed E-state index contributed by atoms with van der Waals surface area (Å²) in [5.74, 6) is 0.337. The number of carbonyl (C=O) groups excluding carboxylic acids is 1. The van der Waals surface area contributed by atoms with Crippen molar-refractivity contribution in [1.82, 2.24) is 24.9 Å². The van der Waals surface area contributed by atoms with Crippen LogP contribution in [-0.4, -0.2) is 43.6 Å². The summed E-state index contributed by atoms with van der Waals surface area (Å²) in [5, 5.41) is 16.7. The van der Waals surface area contributed by atoms with E-state index in [0.717, 1.165) is 26.8 Å². The Morgan fingerprint density at radius 3 is 2.71 bits per heavy atom. The summed E-state index contributed by atoms with van der Waals surface area (Å²) in [4.78, 5) is 14.3. The number of hydrogen-bond acceptors (Lipinski definition) is 7. The van der Waals surface area contributed by atoms with Crippen LogP contribution in [0.1, 0.15) is 11.1 Å². The Hall–Kier alpha value is -3.17. The number of rotatable bonds is 8. The van der Waals surface area contributed by atoms with Gasteiger partial charge in [-0.3, -0.25) is 4.79 Å². The Morgan fingerprint density at radius 2 is 1.90 bits per heavy atom. The van der Waals surface area contributed by atoms with E-state index in [1.807, 2.05) is 72.4 Å². The summed E-state index contributed by atoms with van der Waals surface area (Å²) >= 11 is 2.84. The summed E-state index contributed by atoms with van der Waals surface area (Å²) in [6.07, 6.45) is 3.73. The fourth-order valence-electron chi connectivity index (χ4n) is 2.91. The van der Waals surface area contributed by atoms with Crippen LogP contribution < -0.4 is 5.32 Å². The normalized spacial score (nSPS) is 10.8. The Labute approximate surface area is 189 Å². The molecule has 2 aromatic heterocycles. The van der Waals surface area contributed by atoms with Crippen molar-refractivity contribution in [3.63, 3.8) is 0 Å². The minimum absolute atomic E-state index is 0.0288. The standard InChI is InChI=1S/C22H22N6OS2/c1-16-8-6-7-11-19(16)24-21-25-26-22(31-21)30-15-20(29)27(2)13-17-12-23-28(14-17)18-9-4-3-5-10-18/h3-12,14H,13,15H2,1-2H3,(H,24,25). The van der Waals surface area contributed by atoms with Crippen LogP contribution in [0.2, 0.25) is 0 Å². The van der Waals surface area contributed by atoms with Gasteiger partial charge in [0.05, 0.1) is 17.6 Å². The van der Waals surface area contributed by atoms with E-state index in [4.69, 9.17) is 0 Å². The second-order valence-corrected chi connectivity index (χ2v) is 9.18.